The number of hydrogen-bond acceptors (Lipinski definition) is 5. The van der Waals surface area contributed by atoms with E-state index in [0.717, 1.165) is 5.56 Å². The first-order valence-corrected chi connectivity index (χ1v) is 7.45. The molecule has 122 valence electrons. The highest BCUT2D eigenvalue weighted by Crippen LogP contribution is 2.14. The second-order valence-electron chi connectivity index (χ2n) is 5.13. The van der Waals surface area contributed by atoms with Gasteiger partial charge in [0, 0.05) is 25.4 Å². The van der Waals surface area contributed by atoms with Crippen LogP contribution >= 0.6 is 0 Å². The van der Waals surface area contributed by atoms with Crippen LogP contribution in [0.3, 0.4) is 0 Å². The molecule has 0 saturated heterocycles. The summed E-state index contributed by atoms with van der Waals surface area (Å²) < 4.78 is 18.6. The SMILES string of the molecule is O=C(Cc1ccccc1F)NCCc1noc(-c2cccnc2)n1. The van der Waals surface area contributed by atoms with Gasteiger partial charge in [-0.1, -0.05) is 23.4 Å². The van der Waals surface area contributed by atoms with Crippen LogP contribution in [0.5, 0.6) is 0 Å². The zero-order chi connectivity index (χ0) is 16.8. The summed E-state index contributed by atoms with van der Waals surface area (Å²) in [5.41, 5.74) is 1.10. The highest BCUT2D eigenvalue weighted by molar-refractivity contribution is 5.78. The summed E-state index contributed by atoms with van der Waals surface area (Å²) in [6.45, 7) is 0.347. The van der Waals surface area contributed by atoms with Crippen LogP contribution in [0.15, 0.2) is 53.3 Å². The predicted molar refractivity (Wildman–Crippen MR) is 84.3 cm³/mol. The van der Waals surface area contributed by atoms with Gasteiger partial charge >= 0.3 is 0 Å². The lowest BCUT2D eigenvalue weighted by atomic mass is 10.1. The molecule has 6 nitrogen and oxygen atoms in total. The minimum absolute atomic E-state index is 0.000147. The number of nitrogens with zero attached hydrogens (tertiary/aromatic N) is 3. The Balaban J connectivity index is 1.49. The molecule has 3 rings (SSSR count). The van der Waals surface area contributed by atoms with Crippen LogP contribution < -0.4 is 5.32 Å². The Hall–Kier alpha value is -3.09. The van der Waals surface area contributed by atoms with Crippen molar-refractivity contribution in [2.45, 2.75) is 12.8 Å². The van der Waals surface area contributed by atoms with E-state index >= 15 is 0 Å². The molecule has 0 spiro atoms. The van der Waals surface area contributed by atoms with Crippen LogP contribution in [0.4, 0.5) is 4.39 Å². The zero-order valence-electron chi connectivity index (χ0n) is 12.8. The number of pyridine rings is 1. The number of amides is 1. The van der Waals surface area contributed by atoms with Crippen molar-refractivity contribution in [3.8, 4) is 11.5 Å². The molecule has 3 aromatic rings. The molecule has 0 radical (unpaired) electrons. The van der Waals surface area contributed by atoms with E-state index in [9.17, 15) is 9.18 Å². The molecule has 0 saturated carbocycles. The highest BCUT2D eigenvalue weighted by atomic mass is 19.1. The van der Waals surface area contributed by atoms with E-state index in [1.807, 2.05) is 6.07 Å². The number of carbonyl (C=O) groups is 1. The van der Waals surface area contributed by atoms with Gasteiger partial charge in [-0.05, 0) is 23.8 Å². The molecule has 0 unspecified atom stereocenters. The van der Waals surface area contributed by atoms with Crippen LogP contribution in [0.25, 0.3) is 11.5 Å². The number of aromatic nitrogens is 3. The van der Waals surface area contributed by atoms with Gasteiger partial charge in [-0.2, -0.15) is 4.98 Å². The third-order valence-electron chi connectivity index (χ3n) is 3.36. The normalized spacial score (nSPS) is 10.5. The average Bonchev–Trinajstić information content (AvgIpc) is 3.07. The smallest absolute Gasteiger partial charge is 0.259 e. The van der Waals surface area contributed by atoms with Crippen molar-refractivity contribution in [1.82, 2.24) is 20.4 Å². The molecule has 1 N–H and O–H groups in total. The molecule has 0 atom stereocenters. The van der Waals surface area contributed by atoms with Crippen molar-refractivity contribution < 1.29 is 13.7 Å². The van der Waals surface area contributed by atoms with Gasteiger partial charge in [0.05, 0.1) is 12.0 Å². The van der Waals surface area contributed by atoms with Crippen LogP contribution in [0.1, 0.15) is 11.4 Å². The third-order valence-corrected chi connectivity index (χ3v) is 3.36. The lowest BCUT2D eigenvalue weighted by molar-refractivity contribution is -0.120. The van der Waals surface area contributed by atoms with Gasteiger partial charge < -0.3 is 9.84 Å². The van der Waals surface area contributed by atoms with E-state index in [2.05, 4.69) is 20.4 Å². The maximum Gasteiger partial charge on any atom is 0.259 e. The first-order valence-electron chi connectivity index (χ1n) is 7.45. The molecule has 24 heavy (non-hydrogen) atoms. The van der Waals surface area contributed by atoms with E-state index in [0.29, 0.717) is 30.2 Å². The number of carbonyl (C=O) groups excluding carboxylic acids is 1. The topological polar surface area (TPSA) is 80.9 Å². The highest BCUT2D eigenvalue weighted by Gasteiger charge is 2.10. The van der Waals surface area contributed by atoms with Gasteiger partial charge in [-0.15, -0.1) is 0 Å². The summed E-state index contributed by atoms with van der Waals surface area (Å²) >= 11 is 0. The number of rotatable bonds is 6. The summed E-state index contributed by atoms with van der Waals surface area (Å²) in [4.78, 5) is 20.1. The minimum atomic E-state index is -0.382. The zero-order valence-corrected chi connectivity index (χ0v) is 12.8. The summed E-state index contributed by atoms with van der Waals surface area (Å²) in [6.07, 6.45) is 3.71. The van der Waals surface area contributed by atoms with Crippen LogP contribution in [0, 0.1) is 5.82 Å². The molecule has 0 aliphatic heterocycles. The lowest BCUT2D eigenvalue weighted by Gasteiger charge is -2.04. The minimum Gasteiger partial charge on any atom is -0.355 e. The Bertz CT molecular complexity index is 820. The third kappa shape index (κ3) is 4.01. The molecule has 0 bridgehead atoms. The summed E-state index contributed by atoms with van der Waals surface area (Å²) in [7, 11) is 0. The predicted octanol–water partition coefficient (Wildman–Crippen LogP) is 2.17. The fraction of sp³-hybridized carbons (Fsp3) is 0.176. The van der Waals surface area contributed by atoms with Gasteiger partial charge in [0.25, 0.3) is 5.89 Å². The average molecular weight is 326 g/mol. The number of nitrogens with one attached hydrogen (secondary N) is 1. The van der Waals surface area contributed by atoms with Crippen LogP contribution in [-0.2, 0) is 17.6 Å². The van der Waals surface area contributed by atoms with Crippen molar-refractivity contribution in [3.63, 3.8) is 0 Å². The van der Waals surface area contributed by atoms with E-state index in [1.165, 1.54) is 6.07 Å². The Labute approximate surface area is 137 Å². The second-order valence-corrected chi connectivity index (χ2v) is 5.13. The summed E-state index contributed by atoms with van der Waals surface area (Å²) in [6, 6.07) is 9.82. The second kappa shape index (κ2) is 7.45. The van der Waals surface area contributed by atoms with Gasteiger partial charge in [-0.3, -0.25) is 9.78 Å². The van der Waals surface area contributed by atoms with Crippen molar-refractivity contribution in [3.05, 3.63) is 66.0 Å². The Kier molecular flexibility index (Phi) is 4.90. The first-order chi connectivity index (χ1) is 11.7. The Morgan fingerprint density at radius 1 is 1.21 bits per heavy atom. The van der Waals surface area contributed by atoms with Crippen molar-refractivity contribution >= 4 is 5.91 Å². The van der Waals surface area contributed by atoms with Gasteiger partial charge in [0.1, 0.15) is 5.82 Å². The Morgan fingerprint density at radius 2 is 2.08 bits per heavy atom. The molecular formula is C17H15FN4O2. The quantitative estimate of drug-likeness (QED) is 0.751. The first kappa shape index (κ1) is 15.8. The number of hydrogen-bond donors (Lipinski definition) is 1. The molecule has 2 aromatic heterocycles. The van der Waals surface area contributed by atoms with Crippen molar-refractivity contribution in [2.75, 3.05) is 6.54 Å². The van der Waals surface area contributed by atoms with Crippen LogP contribution in [-0.4, -0.2) is 27.6 Å². The van der Waals surface area contributed by atoms with Crippen molar-refractivity contribution in [1.29, 1.82) is 0 Å². The van der Waals surface area contributed by atoms with E-state index in [1.54, 1.807) is 36.7 Å². The molecule has 2 heterocycles. The van der Waals surface area contributed by atoms with E-state index < -0.39 is 0 Å². The number of benzene rings is 1. The lowest BCUT2D eigenvalue weighted by Crippen LogP contribution is -2.27. The fourth-order valence-electron chi connectivity index (χ4n) is 2.15. The van der Waals surface area contributed by atoms with Crippen LogP contribution in [0.2, 0.25) is 0 Å². The standard InChI is InChI=1S/C17H15FN4O2/c18-14-6-2-1-4-12(14)10-16(23)20-9-7-15-21-17(24-22-15)13-5-3-8-19-11-13/h1-6,8,11H,7,9-10H2,(H,20,23). The van der Waals surface area contributed by atoms with E-state index in [-0.39, 0.29) is 18.1 Å². The molecule has 0 fully saturated rings. The molecule has 1 aromatic carbocycles. The molecule has 0 aliphatic rings. The van der Waals surface area contributed by atoms with Gasteiger partial charge in [0.2, 0.25) is 5.91 Å². The van der Waals surface area contributed by atoms with Gasteiger partial charge in [-0.25, -0.2) is 4.39 Å². The maximum absolute atomic E-state index is 13.5. The maximum atomic E-state index is 13.5. The monoisotopic (exact) mass is 326 g/mol. The van der Waals surface area contributed by atoms with E-state index in [4.69, 9.17) is 4.52 Å². The molecule has 1 amide bonds. The summed E-state index contributed by atoms with van der Waals surface area (Å²) in [5.74, 6) is 0.235. The fourth-order valence-corrected chi connectivity index (χ4v) is 2.15. The number of halogens is 1. The summed E-state index contributed by atoms with van der Waals surface area (Å²) in [5, 5.41) is 6.58. The Morgan fingerprint density at radius 3 is 2.88 bits per heavy atom. The molecular weight excluding hydrogens is 311 g/mol. The van der Waals surface area contributed by atoms with Gasteiger partial charge in [0.15, 0.2) is 5.82 Å². The molecule has 0 aliphatic carbocycles. The molecule has 7 heteroatoms. The largest absolute Gasteiger partial charge is 0.355 e. The van der Waals surface area contributed by atoms with Crippen molar-refractivity contribution in [2.24, 2.45) is 0 Å².